The van der Waals surface area contributed by atoms with Gasteiger partial charge in [-0.2, -0.15) is 18.4 Å². The summed E-state index contributed by atoms with van der Waals surface area (Å²) in [6, 6.07) is 14.7. The van der Waals surface area contributed by atoms with Crippen LogP contribution in [0.2, 0.25) is 0 Å². The van der Waals surface area contributed by atoms with Gasteiger partial charge in [-0.05, 0) is 70.7 Å². The van der Waals surface area contributed by atoms with Gasteiger partial charge >= 0.3 is 6.18 Å². The minimum absolute atomic E-state index is 0.0574. The van der Waals surface area contributed by atoms with Gasteiger partial charge in [0.25, 0.3) is 0 Å². The Hall–Kier alpha value is -2.83. The minimum Gasteiger partial charge on any atom is -0.317 e. The van der Waals surface area contributed by atoms with E-state index in [-0.39, 0.29) is 16.5 Å². The van der Waals surface area contributed by atoms with Crippen LogP contribution in [-0.4, -0.2) is 13.0 Å². The predicted octanol–water partition coefficient (Wildman–Crippen LogP) is 7.03. The van der Waals surface area contributed by atoms with Crippen LogP contribution in [0.25, 0.3) is 11.8 Å². The van der Waals surface area contributed by atoms with Gasteiger partial charge in [-0.15, -0.1) is 0 Å². The van der Waals surface area contributed by atoms with Crippen LogP contribution in [-0.2, 0) is 16.0 Å². The molecule has 0 N–H and O–H groups in total. The van der Waals surface area contributed by atoms with Crippen molar-refractivity contribution in [3.05, 3.63) is 86.5 Å². The number of sulfone groups is 1. The van der Waals surface area contributed by atoms with Gasteiger partial charge in [0.15, 0.2) is 0 Å². The third kappa shape index (κ3) is 4.77. The third-order valence-corrected chi connectivity index (χ3v) is 7.85. The van der Waals surface area contributed by atoms with Crippen LogP contribution < -0.4 is 0 Å². The smallest absolute Gasteiger partial charge is 0.317 e. The van der Waals surface area contributed by atoms with Gasteiger partial charge in [-0.3, -0.25) is 0 Å². The lowest BCUT2D eigenvalue weighted by molar-refractivity contribution is -0.137. The summed E-state index contributed by atoms with van der Waals surface area (Å²) in [6.07, 6.45) is -3.36. The van der Waals surface area contributed by atoms with E-state index in [4.69, 9.17) is 0 Å². The Labute approximate surface area is 199 Å². The van der Waals surface area contributed by atoms with E-state index >= 15 is 0 Å². The number of benzene rings is 2. The molecule has 9 heteroatoms. The number of halogens is 4. The van der Waals surface area contributed by atoms with Crippen LogP contribution in [0, 0.1) is 18.3 Å². The molecule has 0 unspecified atom stereocenters. The number of nitriles is 1. The van der Waals surface area contributed by atoms with Crippen molar-refractivity contribution < 1.29 is 21.6 Å². The number of hydrogen-bond acceptors (Lipinski definition) is 3. The van der Waals surface area contributed by atoms with Gasteiger partial charge in [0.2, 0.25) is 9.84 Å². The van der Waals surface area contributed by atoms with Gasteiger partial charge in [0, 0.05) is 15.9 Å². The molecule has 0 aliphatic rings. The molecular weight excluding hydrogens is 517 g/mol. The fraction of sp³-hybridized carbons (Fsp3) is 0.208. The van der Waals surface area contributed by atoms with E-state index in [2.05, 4.69) is 15.9 Å². The van der Waals surface area contributed by atoms with Crippen molar-refractivity contribution in [2.24, 2.45) is 0 Å². The quantitative estimate of drug-likeness (QED) is 0.329. The van der Waals surface area contributed by atoms with E-state index in [1.807, 2.05) is 13.8 Å². The first-order chi connectivity index (χ1) is 15.4. The van der Waals surface area contributed by atoms with Crippen molar-refractivity contribution in [1.82, 2.24) is 4.57 Å². The van der Waals surface area contributed by atoms with Gasteiger partial charge in [-0.1, -0.05) is 38.1 Å². The maximum atomic E-state index is 13.7. The summed E-state index contributed by atoms with van der Waals surface area (Å²) in [5.74, 6) is -0.169. The second kappa shape index (κ2) is 9.20. The molecule has 3 rings (SSSR count). The molecule has 0 amide bonds. The molecule has 0 aliphatic carbocycles. The van der Waals surface area contributed by atoms with E-state index in [0.29, 0.717) is 21.4 Å². The minimum atomic E-state index is -4.57. The highest BCUT2D eigenvalue weighted by atomic mass is 79.9. The topological polar surface area (TPSA) is 62.9 Å². The fourth-order valence-corrected chi connectivity index (χ4v) is 5.69. The van der Waals surface area contributed by atoms with Gasteiger partial charge in [0.05, 0.1) is 16.1 Å². The van der Waals surface area contributed by atoms with E-state index in [1.54, 1.807) is 37.3 Å². The number of aromatic nitrogens is 1. The van der Waals surface area contributed by atoms with Crippen LogP contribution in [0.4, 0.5) is 13.2 Å². The summed E-state index contributed by atoms with van der Waals surface area (Å²) in [4.78, 5) is -0.574. The standard InChI is InChI=1S/C24H20BrF3N2O2S/c1-15(2)22-13-17(12-18(14-29)33(31,32)23-11-7-5-9-20(23)25)16(3)30(22)21-10-6-4-8-19(21)24(26,27)28/h4-13,15H,1-3H3/b18-12+. The summed E-state index contributed by atoms with van der Waals surface area (Å²) >= 11 is 3.19. The Bertz CT molecular complexity index is 1380. The van der Waals surface area contributed by atoms with Crippen molar-refractivity contribution in [3.63, 3.8) is 0 Å². The maximum Gasteiger partial charge on any atom is 0.418 e. The highest BCUT2D eigenvalue weighted by molar-refractivity contribution is 9.10. The molecule has 172 valence electrons. The van der Waals surface area contributed by atoms with Gasteiger partial charge in [0.1, 0.15) is 11.0 Å². The zero-order chi connectivity index (χ0) is 24.6. The first-order valence-corrected chi connectivity index (χ1v) is 12.2. The van der Waals surface area contributed by atoms with E-state index in [9.17, 15) is 26.9 Å². The molecule has 0 atom stereocenters. The molecule has 2 aromatic carbocycles. The first kappa shape index (κ1) is 24.8. The second-order valence-electron chi connectivity index (χ2n) is 7.67. The monoisotopic (exact) mass is 536 g/mol. The van der Waals surface area contributed by atoms with Crippen LogP contribution in [0.1, 0.15) is 42.3 Å². The molecule has 4 nitrogen and oxygen atoms in total. The number of nitrogens with zero attached hydrogens (tertiary/aromatic N) is 2. The van der Waals surface area contributed by atoms with Crippen molar-refractivity contribution in [3.8, 4) is 11.8 Å². The summed E-state index contributed by atoms with van der Waals surface area (Å²) in [5.41, 5.74) is 0.444. The number of alkyl halides is 3. The first-order valence-electron chi connectivity index (χ1n) is 9.89. The Morgan fingerprint density at radius 3 is 2.30 bits per heavy atom. The molecule has 3 aromatic rings. The van der Waals surface area contributed by atoms with E-state index < -0.39 is 26.5 Å². The zero-order valence-electron chi connectivity index (χ0n) is 18.0. The van der Waals surface area contributed by atoms with E-state index in [0.717, 1.165) is 6.07 Å². The molecule has 0 saturated carbocycles. The summed E-state index contributed by atoms with van der Waals surface area (Å²) in [7, 11) is -4.15. The molecule has 0 radical (unpaired) electrons. The molecule has 0 spiro atoms. The van der Waals surface area contributed by atoms with Crippen LogP contribution in [0.3, 0.4) is 0 Å². The number of para-hydroxylation sites is 1. The lowest BCUT2D eigenvalue weighted by atomic mass is 10.1. The van der Waals surface area contributed by atoms with Crippen molar-refractivity contribution in [1.29, 1.82) is 5.26 Å². The molecule has 1 aromatic heterocycles. The molecule has 1 heterocycles. The van der Waals surface area contributed by atoms with E-state index in [1.165, 1.54) is 34.9 Å². The van der Waals surface area contributed by atoms with Crippen LogP contribution in [0.5, 0.6) is 0 Å². The lowest BCUT2D eigenvalue weighted by Gasteiger charge is -2.19. The molecule has 33 heavy (non-hydrogen) atoms. The SMILES string of the molecule is Cc1c(/C=C(\C#N)S(=O)(=O)c2ccccc2Br)cc(C(C)C)n1-c1ccccc1C(F)(F)F. The largest absolute Gasteiger partial charge is 0.418 e. The third-order valence-electron chi connectivity index (χ3n) is 5.17. The summed E-state index contributed by atoms with van der Waals surface area (Å²) in [6.45, 7) is 5.26. The Morgan fingerprint density at radius 1 is 1.12 bits per heavy atom. The van der Waals surface area contributed by atoms with Gasteiger partial charge in [-0.25, -0.2) is 8.42 Å². The average molecular weight is 537 g/mol. The van der Waals surface area contributed by atoms with Crippen molar-refractivity contribution in [2.75, 3.05) is 0 Å². The fourth-order valence-electron chi connectivity index (χ4n) is 3.54. The number of allylic oxidation sites excluding steroid dienone is 1. The van der Waals surface area contributed by atoms with Crippen LogP contribution >= 0.6 is 15.9 Å². The summed E-state index contributed by atoms with van der Waals surface area (Å²) in [5, 5.41) is 9.65. The Morgan fingerprint density at radius 2 is 1.73 bits per heavy atom. The number of hydrogen-bond donors (Lipinski definition) is 0. The Balaban J connectivity index is 2.27. The molecule has 0 aliphatic heterocycles. The average Bonchev–Trinajstić information content (AvgIpc) is 3.07. The maximum absolute atomic E-state index is 13.7. The molecule has 0 saturated heterocycles. The lowest BCUT2D eigenvalue weighted by Crippen LogP contribution is -2.13. The highest BCUT2D eigenvalue weighted by Gasteiger charge is 2.34. The van der Waals surface area contributed by atoms with Crippen molar-refractivity contribution in [2.45, 2.75) is 37.8 Å². The highest BCUT2D eigenvalue weighted by Crippen LogP contribution is 2.37. The molecular formula is C24H20BrF3N2O2S. The predicted molar refractivity (Wildman–Crippen MR) is 125 cm³/mol. The molecule has 0 bridgehead atoms. The Kier molecular flexibility index (Phi) is 6.91. The molecule has 0 fully saturated rings. The second-order valence-corrected chi connectivity index (χ2v) is 10.4. The van der Waals surface area contributed by atoms with Crippen LogP contribution in [0.15, 0.2) is 68.9 Å². The normalized spacial score (nSPS) is 12.8. The van der Waals surface area contributed by atoms with Crippen molar-refractivity contribution >= 4 is 31.8 Å². The number of rotatable bonds is 5. The van der Waals surface area contributed by atoms with Gasteiger partial charge < -0.3 is 4.57 Å². The zero-order valence-corrected chi connectivity index (χ0v) is 20.4. The summed E-state index contributed by atoms with van der Waals surface area (Å²) < 4.78 is 69.1.